The van der Waals surface area contributed by atoms with E-state index in [2.05, 4.69) is 37.7 Å². The molecule has 6 nitrogen and oxygen atoms in total. The van der Waals surface area contributed by atoms with Gasteiger partial charge in [-0.25, -0.2) is 4.98 Å². The van der Waals surface area contributed by atoms with Crippen molar-refractivity contribution in [3.8, 4) is 11.4 Å². The van der Waals surface area contributed by atoms with Gasteiger partial charge in [-0.3, -0.25) is 0 Å². The fraction of sp³-hybridized carbons (Fsp3) is 0.450. The molecule has 0 aliphatic carbocycles. The summed E-state index contributed by atoms with van der Waals surface area (Å²) in [5.74, 6) is 2.89. The predicted octanol–water partition coefficient (Wildman–Crippen LogP) is 3.51. The molecule has 1 aromatic carbocycles. The van der Waals surface area contributed by atoms with Crippen molar-refractivity contribution in [2.75, 3.05) is 19.6 Å². The second kappa shape index (κ2) is 7.83. The van der Waals surface area contributed by atoms with Gasteiger partial charge in [-0.15, -0.1) is 0 Å². The summed E-state index contributed by atoms with van der Waals surface area (Å²) in [4.78, 5) is 11.5. The molecular formula is C20H25N5O. The first-order chi connectivity index (χ1) is 12.8. The van der Waals surface area contributed by atoms with E-state index < -0.39 is 0 Å². The number of piperidine rings is 1. The smallest absolute Gasteiger partial charge is 0.231 e. The standard InChI is InChI=1S/C20H25N5O/c1-16-21-10-14-25(16)13-6-12-24-11-5-9-18(15-24)20-22-19(23-26-20)17-7-3-2-4-8-17/h2-4,7-8,10,14,18H,5-6,9,11-13,15H2,1H3/t18-/m0/s1. The minimum Gasteiger partial charge on any atom is -0.339 e. The number of aromatic nitrogens is 4. The van der Waals surface area contributed by atoms with Crippen LogP contribution in [0, 0.1) is 6.92 Å². The SMILES string of the molecule is Cc1nccn1CCCN1CCC[C@H](c2nc(-c3ccccc3)no2)C1. The molecule has 1 saturated heterocycles. The lowest BCUT2D eigenvalue weighted by molar-refractivity contribution is 0.183. The molecule has 0 N–H and O–H groups in total. The third-order valence-corrected chi connectivity index (χ3v) is 5.13. The van der Waals surface area contributed by atoms with Crippen LogP contribution in [-0.2, 0) is 6.54 Å². The first-order valence-corrected chi connectivity index (χ1v) is 9.39. The maximum atomic E-state index is 5.59. The number of hydrogen-bond donors (Lipinski definition) is 0. The van der Waals surface area contributed by atoms with E-state index in [4.69, 9.17) is 4.52 Å². The van der Waals surface area contributed by atoms with Crippen molar-refractivity contribution in [2.24, 2.45) is 0 Å². The summed E-state index contributed by atoms with van der Waals surface area (Å²) in [6.07, 6.45) is 7.35. The van der Waals surface area contributed by atoms with Crippen LogP contribution in [0.5, 0.6) is 0 Å². The quantitative estimate of drug-likeness (QED) is 0.680. The Kier molecular flexibility index (Phi) is 5.11. The Morgan fingerprint density at radius 3 is 2.88 bits per heavy atom. The Morgan fingerprint density at radius 1 is 1.19 bits per heavy atom. The average Bonchev–Trinajstić information content (AvgIpc) is 3.33. The molecule has 1 aliphatic heterocycles. The normalized spacial score (nSPS) is 18.3. The molecule has 2 aromatic heterocycles. The van der Waals surface area contributed by atoms with E-state index in [-0.39, 0.29) is 0 Å². The minimum absolute atomic E-state index is 0.337. The number of hydrogen-bond acceptors (Lipinski definition) is 5. The summed E-state index contributed by atoms with van der Waals surface area (Å²) in [5.41, 5.74) is 1.01. The van der Waals surface area contributed by atoms with E-state index in [1.807, 2.05) is 36.5 Å². The van der Waals surface area contributed by atoms with Crippen LogP contribution in [0.25, 0.3) is 11.4 Å². The molecule has 3 heterocycles. The number of rotatable bonds is 6. The van der Waals surface area contributed by atoms with E-state index >= 15 is 0 Å². The zero-order chi connectivity index (χ0) is 17.8. The molecule has 0 saturated carbocycles. The fourth-order valence-electron chi connectivity index (χ4n) is 3.67. The van der Waals surface area contributed by atoms with Gasteiger partial charge in [0.05, 0.1) is 5.92 Å². The summed E-state index contributed by atoms with van der Waals surface area (Å²) < 4.78 is 7.80. The predicted molar refractivity (Wildman–Crippen MR) is 99.7 cm³/mol. The molecule has 0 bridgehead atoms. The van der Waals surface area contributed by atoms with E-state index in [0.29, 0.717) is 11.7 Å². The summed E-state index contributed by atoms with van der Waals surface area (Å²) in [5, 5.41) is 4.18. The van der Waals surface area contributed by atoms with Crippen LogP contribution in [0.3, 0.4) is 0 Å². The van der Waals surface area contributed by atoms with Crippen LogP contribution in [-0.4, -0.2) is 44.2 Å². The zero-order valence-electron chi connectivity index (χ0n) is 15.2. The van der Waals surface area contributed by atoms with Crippen LogP contribution in [0.2, 0.25) is 0 Å². The van der Waals surface area contributed by atoms with Crippen molar-refractivity contribution in [3.05, 3.63) is 54.4 Å². The van der Waals surface area contributed by atoms with E-state index in [0.717, 1.165) is 56.3 Å². The van der Waals surface area contributed by atoms with Crippen molar-refractivity contribution in [1.82, 2.24) is 24.6 Å². The summed E-state index contributed by atoms with van der Waals surface area (Å²) >= 11 is 0. The maximum absolute atomic E-state index is 5.59. The molecule has 6 heteroatoms. The van der Waals surface area contributed by atoms with Crippen LogP contribution in [0.15, 0.2) is 47.2 Å². The molecule has 1 atom stereocenters. The molecule has 3 aromatic rings. The van der Waals surface area contributed by atoms with E-state index in [1.165, 1.54) is 6.42 Å². The second-order valence-electron chi connectivity index (χ2n) is 6.98. The van der Waals surface area contributed by atoms with Crippen LogP contribution in [0.1, 0.15) is 36.9 Å². The monoisotopic (exact) mass is 351 g/mol. The van der Waals surface area contributed by atoms with Gasteiger partial charge in [0.15, 0.2) is 0 Å². The molecule has 4 rings (SSSR count). The van der Waals surface area contributed by atoms with Crippen LogP contribution >= 0.6 is 0 Å². The molecular weight excluding hydrogens is 326 g/mol. The van der Waals surface area contributed by atoms with Gasteiger partial charge in [0.1, 0.15) is 5.82 Å². The highest BCUT2D eigenvalue weighted by Gasteiger charge is 2.26. The number of nitrogens with zero attached hydrogens (tertiary/aromatic N) is 5. The Labute approximate surface area is 153 Å². The van der Waals surface area contributed by atoms with Gasteiger partial charge in [0, 0.05) is 31.0 Å². The lowest BCUT2D eigenvalue weighted by Gasteiger charge is -2.30. The number of likely N-dealkylation sites (tertiary alicyclic amines) is 1. The highest BCUT2D eigenvalue weighted by atomic mass is 16.5. The molecule has 0 radical (unpaired) electrons. The van der Waals surface area contributed by atoms with Crippen LogP contribution in [0.4, 0.5) is 0 Å². The molecule has 26 heavy (non-hydrogen) atoms. The number of aryl methyl sites for hydroxylation is 2. The Hall–Kier alpha value is -2.47. The van der Waals surface area contributed by atoms with Crippen molar-refractivity contribution < 1.29 is 4.52 Å². The molecule has 0 amide bonds. The number of benzene rings is 1. The number of imidazole rings is 1. The first kappa shape index (κ1) is 17.0. The third-order valence-electron chi connectivity index (χ3n) is 5.13. The summed E-state index contributed by atoms with van der Waals surface area (Å²) in [7, 11) is 0. The highest BCUT2D eigenvalue weighted by Crippen LogP contribution is 2.27. The molecule has 1 fully saturated rings. The van der Waals surface area contributed by atoms with Crippen molar-refractivity contribution >= 4 is 0 Å². The first-order valence-electron chi connectivity index (χ1n) is 9.39. The van der Waals surface area contributed by atoms with Gasteiger partial charge in [-0.1, -0.05) is 35.5 Å². The largest absolute Gasteiger partial charge is 0.339 e. The van der Waals surface area contributed by atoms with Gasteiger partial charge in [0.25, 0.3) is 0 Å². The third kappa shape index (κ3) is 3.85. The molecule has 0 unspecified atom stereocenters. The van der Waals surface area contributed by atoms with Crippen molar-refractivity contribution in [2.45, 2.75) is 38.6 Å². The lowest BCUT2D eigenvalue weighted by atomic mass is 9.98. The topological polar surface area (TPSA) is 60.0 Å². The molecule has 0 spiro atoms. The summed E-state index contributed by atoms with van der Waals surface area (Å²) in [6.45, 7) is 6.31. The van der Waals surface area contributed by atoms with Gasteiger partial charge < -0.3 is 14.0 Å². The average molecular weight is 351 g/mol. The maximum Gasteiger partial charge on any atom is 0.231 e. The Balaban J connectivity index is 1.33. The van der Waals surface area contributed by atoms with Gasteiger partial charge >= 0.3 is 0 Å². The fourth-order valence-corrected chi connectivity index (χ4v) is 3.67. The zero-order valence-corrected chi connectivity index (χ0v) is 15.2. The minimum atomic E-state index is 0.337. The molecule has 136 valence electrons. The van der Waals surface area contributed by atoms with Crippen molar-refractivity contribution in [1.29, 1.82) is 0 Å². The lowest BCUT2D eigenvalue weighted by Crippen LogP contribution is -2.35. The highest BCUT2D eigenvalue weighted by molar-refractivity contribution is 5.53. The van der Waals surface area contributed by atoms with Gasteiger partial charge in [-0.05, 0) is 39.3 Å². The van der Waals surface area contributed by atoms with Crippen molar-refractivity contribution in [3.63, 3.8) is 0 Å². The summed E-state index contributed by atoms with van der Waals surface area (Å²) in [6, 6.07) is 10.0. The second-order valence-corrected chi connectivity index (χ2v) is 6.98. The van der Waals surface area contributed by atoms with E-state index in [1.54, 1.807) is 0 Å². The Bertz CT molecular complexity index is 826. The Morgan fingerprint density at radius 2 is 2.08 bits per heavy atom. The molecule has 1 aliphatic rings. The van der Waals surface area contributed by atoms with Gasteiger partial charge in [-0.2, -0.15) is 4.98 Å². The van der Waals surface area contributed by atoms with E-state index in [9.17, 15) is 0 Å². The van der Waals surface area contributed by atoms with Gasteiger partial charge in [0.2, 0.25) is 11.7 Å². The van der Waals surface area contributed by atoms with Crippen LogP contribution < -0.4 is 0 Å².